The fourth-order valence-corrected chi connectivity index (χ4v) is 0.279. The van der Waals surface area contributed by atoms with E-state index >= 15 is 0 Å². The maximum Gasteiger partial charge on any atom is 0.113 e. The molecule has 0 aliphatic carbocycles. The molecular weight excluding hydrogens is 148 g/mol. The highest BCUT2D eigenvalue weighted by atomic mass is 17.1. The maximum atomic E-state index is 10.8. The van der Waals surface area contributed by atoms with Crippen LogP contribution in [0.4, 0.5) is 0 Å². The average Bonchev–Trinajstić information content (AvgIpc) is 1.86. The lowest BCUT2D eigenvalue weighted by molar-refractivity contribution is -1.09. The van der Waals surface area contributed by atoms with Crippen molar-refractivity contribution in [1.29, 1.82) is 0 Å². The average molecular weight is 164 g/mol. The van der Waals surface area contributed by atoms with Gasteiger partial charge in [-0.05, 0) is 33.3 Å². The molecule has 0 fully saturated rings. The van der Waals surface area contributed by atoms with Gasteiger partial charge in [0.05, 0.1) is 6.10 Å². The third-order valence-corrected chi connectivity index (χ3v) is 0.897. The van der Waals surface area contributed by atoms with Crippen molar-refractivity contribution in [2.75, 3.05) is 0 Å². The Kier molecular flexibility index (Phi) is 5.35. The predicted octanol–water partition coefficient (Wildman–Crippen LogP) is -0.446. The lowest BCUT2D eigenvalue weighted by atomic mass is 10.4. The van der Waals surface area contributed by atoms with Crippen LogP contribution < -0.4 is 10.9 Å². The van der Waals surface area contributed by atoms with E-state index < -0.39 is 0 Å². The summed E-state index contributed by atoms with van der Waals surface area (Å²) in [4.78, 5) is 9.27. The Bertz CT molecular complexity index is 97.8. The Morgan fingerprint density at radius 1 is 1.27 bits per heavy atom. The Balaban J connectivity index is 3.24. The second-order valence-corrected chi connectivity index (χ2v) is 2.83. The Hall–Kier alpha value is -0.200. The van der Waals surface area contributed by atoms with E-state index in [1.165, 1.54) is 0 Å². The molecule has 0 aliphatic heterocycles. The number of hydroxylamine groups is 2. The number of rotatable bonds is 5. The first-order valence-corrected chi connectivity index (χ1v) is 3.65. The van der Waals surface area contributed by atoms with Crippen LogP contribution >= 0.6 is 0 Å². The van der Waals surface area contributed by atoms with E-state index in [1.807, 2.05) is 13.8 Å². The molecule has 1 atom stereocenters. The molecule has 0 saturated carbocycles. The Morgan fingerprint density at radius 3 is 2.18 bits per heavy atom. The molecule has 0 bridgehead atoms. The molecule has 11 heavy (non-hydrogen) atoms. The summed E-state index contributed by atoms with van der Waals surface area (Å²) in [5, 5.41) is 10.4. The zero-order chi connectivity index (χ0) is 8.85. The van der Waals surface area contributed by atoms with Gasteiger partial charge >= 0.3 is 0 Å². The van der Waals surface area contributed by atoms with Crippen LogP contribution in [0.15, 0.2) is 0 Å². The number of nitrogens with one attached hydrogen (secondary N) is 2. The summed E-state index contributed by atoms with van der Waals surface area (Å²) in [5.74, 6) is 0. The largest absolute Gasteiger partial charge is 0.598 e. The molecule has 0 aromatic carbocycles. The molecule has 5 heteroatoms. The van der Waals surface area contributed by atoms with Gasteiger partial charge in [-0.3, -0.25) is 4.84 Å². The third kappa shape index (κ3) is 6.21. The fourth-order valence-electron chi connectivity index (χ4n) is 0.279. The molecule has 0 heterocycles. The van der Waals surface area contributed by atoms with Gasteiger partial charge in [0.1, 0.15) is 6.04 Å². The molecular formula is C6H16N2O3. The normalized spacial score (nSPS) is 14.5. The van der Waals surface area contributed by atoms with E-state index in [-0.39, 0.29) is 17.4 Å². The molecule has 5 nitrogen and oxygen atoms in total. The highest BCUT2D eigenvalue weighted by molar-refractivity contribution is 4.27. The molecule has 0 aromatic rings. The Morgan fingerprint density at radius 2 is 1.82 bits per heavy atom. The number of quaternary nitrogens is 1. The second-order valence-electron chi connectivity index (χ2n) is 2.83. The highest BCUT2D eigenvalue weighted by Gasteiger charge is 2.03. The zero-order valence-electron chi connectivity index (χ0n) is 7.38. The van der Waals surface area contributed by atoms with Gasteiger partial charge in [0, 0.05) is 0 Å². The second kappa shape index (κ2) is 5.45. The molecule has 1 unspecified atom stereocenters. The van der Waals surface area contributed by atoms with Crippen LogP contribution in [-0.2, 0) is 9.78 Å². The molecule has 0 aromatic heterocycles. The molecule has 68 valence electrons. The van der Waals surface area contributed by atoms with Gasteiger partial charge in [-0.25, -0.2) is 0 Å². The van der Waals surface area contributed by atoms with Crippen LogP contribution in [0, 0.1) is 5.21 Å². The van der Waals surface area contributed by atoms with Gasteiger partial charge in [-0.15, -0.1) is 0 Å². The lowest BCUT2D eigenvalue weighted by Gasteiger charge is -2.22. The SMILES string of the molecule is CC(C)ONO[NH+]([O-])C(C)C. The third-order valence-electron chi connectivity index (χ3n) is 0.897. The minimum atomic E-state index is -0.328. The summed E-state index contributed by atoms with van der Waals surface area (Å²) < 4.78 is 0. The fraction of sp³-hybridized carbons (Fsp3) is 1.00. The summed E-state index contributed by atoms with van der Waals surface area (Å²) in [7, 11) is 0. The minimum absolute atomic E-state index is 0.00466. The van der Waals surface area contributed by atoms with Gasteiger partial charge in [-0.2, -0.15) is 5.23 Å². The minimum Gasteiger partial charge on any atom is -0.598 e. The van der Waals surface area contributed by atoms with Crippen LogP contribution in [0.1, 0.15) is 27.7 Å². The van der Waals surface area contributed by atoms with Crippen LogP contribution in [0.2, 0.25) is 0 Å². The van der Waals surface area contributed by atoms with Gasteiger partial charge in [0.15, 0.2) is 0 Å². The van der Waals surface area contributed by atoms with Crippen molar-refractivity contribution in [2.45, 2.75) is 39.8 Å². The van der Waals surface area contributed by atoms with Crippen molar-refractivity contribution in [3.05, 3.63) is 5.21 Å². The van der Waals surface area contributed by atoms with Crippen molar-refractivity contribution in [2.24, 2.45) is 0 Å². The van der Waals surface area contributed by atoms with Crippen molar-refractivity contribution < 1.29 is 15.0 Å². The van der Waals surface area contributed by atoms with Crippen molar-refractivity contribution in [3.8, 4) is 0 Å². The van der Waals surface area contributed by atoms with E-state index in [1.54, 1.807) is 13.8 Å². The predicted molar refractivity (Wildman–Crippen MR) is 39.9 cm³/mol. The van der Waals surface area contributed by atoms with Crippen LogP contribution in [0.5, 0.6) is 0 Å². The maximum absolute atomic E-state index is 10.8. The van der Waals surface area contributed by atoms with Crippen LogP contribution in [-0.4, -0.2) is 12.1 Å². The smallest absolute Gasteiger partial charge is 0.113 e. The van der Waals surface area contributed by atoms with Crippen LogP contribution in [0.3, 0.4) is 0 Å². The zero-order valence-corrected chi connectivity index (χ0v) is 7.38. The standard InChI is InChI=1S/C6H16N2O3/c1-5(2)8(9)11-7-10-6(3)4/h5-8H,1-4H3. The first-order valence-electron chi connectivity index (χ1n) is 3.65. The summed E-state index contributed by atoms with van der Waals surface area (Å²) in [6, 6.07) is -0.140. The quantitative estimate of drug-likeness (QED) is 0.540. The number of hydrogen-bond acceptors (Lipinski definition) is 4. The van der Waals surface area contributed by atoms with Gasteiger partial charge in [0.25, 0.3) is 0 Å². The van der Waals surface area contributed by atoms with Gasteiger partial charge < -0.3 is 5.21 Å². The van der Waals surface area contributed by atoms with Crippen molar-refractivity contribution in [3.63, 3.8) is 0 Å². The summed E-state index contributed by atoms with van der Waals surface area (Å²) in [6.07, 6.45) is -0.00466. The molecule has 2 N–H and O–H groups in total. The molecule has 0 aliphatic rings. The number of hydrogen-bond donors (Lipinski definition) is 2. The molecule has 0 radical (unpaired) electrons. The van der Waals surface area contributed by atoms with E-state index in [0.29, 0.717) is 0 Å². The monoisotopic (exact) mass is 164 g/mol. The van der Waals surface area contributed by atoms with E-state index in [0.717, 1.165) is 0 Å². The van der Waals surface area contributed by atoms with Gasteiger partial charge in [-0.1, -0.05) is 4.94 Å². The van der Waals surface area contributed by atoms with E-state index in [2.05, 4.69) is 10.6 Å². The molecule has 0 spiro atoms. The van der Waals surface area contributed by atoms with Crippen LogP contribution in [0.25, 0.3) is 0 Å². The first kappa shape index (κ1) is 10.8. The van der Waals surface area contributed by atoms with E-state index in [4.69, 9.17) is 4.84 Å². The van der Waals surface area contributed by atoms with E-state index in [9.17, 15) is 5.21 Å². The molecule has 0 rings (SSSR count). The molecule has 0 saturated heterocycles. The van der Waals surface area contributed by atoms with Gasteiger partial charge in [0.2, 0.25) is 0 Å². The summed E-state index contributed by atoms with van der Waals surface area (Å²) in [5.41, 5.74) is 2.12. The summed E-state index contributed by atoms with van der Waals surface area (Å²) >= 11 is 0. The Labute approximate surface area is 66.7 Å². The van der Waals surface area contributed by atoms with Crippen molar-refractivity contribution in [1.82, 2.24) is 5.64 Å². The lowest BCUT2D eigenvalue weighted by Crippen LogP contribution is -3.10. The topological polar surface area (TPSA) is 58.0 Å². The summed E-state index contributed by atoms with van der Waals surface area (Å²) in [6.45, 7) is 7.16. The first-order chi connectivity index (χ1) is 5.04. The highest BCUT2D eigenvalue weighted by Crippen LogP contribution is 1.79. The van der Waals surface area contributed by atoms with Crippen molar-refractivity contribution >= 4 is 0 Å². The molecule has 0 amide bonds.